The van der Waals surface area contributed by atoms with E-state index in [9.17, 15) is 15.0 Å². The van der Waals surface area contributed by atoms with E-state index >= 15 is 0 Å². The number of allylic oxidation sites excluding steroid dienone is 4. The molecule has 2 saturated heterocycles. The minimum atomic E-state index is -0.959. The van der Waals surface area contributed by atoms with Crippen LogP contribution in [0.1, 0.15) is 31.2 Å². The molecule has 1 aromatic rings. The van der Waals surface area contributed by atoms with Gasteiger partial charge in [0, 0.05) is 18.1 Å². The Morgan fingerprint density at radius 3 is 2.67 bits per heavy atom. The van der Waals surface area contributed by atoms with Crippen LogP contribution in [0.5, 0.6) is 5.75 Å². The Kier molecular flexibility index (Phi) is 7.31. The molecule has 6 heteroatoms. The molecule has 2 aliphatic heterocycles. The molecule has 0 aromatic heterocycles. The fourth-order valence-electron chi connectivity index (χ4n) is 4.39. The molecule has 2 N–H and O–H groups in total. The third-order valence-electron chi connectivity index (χ3n) is 6.10. The number of benzene rings is 1. The number of aliphatic hydroxyl groups is 2. The number of ketones is 1. The first-order valence-corrected chi connectivity index (χ1v) is 11.7. The van der Waals surface area contributed by atoms with Gasteiger partial charge in [-0.25, -0.2) is 0 Å². The largest absolute Gasteiger partial charge is 0.490 e. The lowest BCUT2D eigenvalue weighted by Gasteiger charge is -2.35. The van der Waals surface area contributed by atoms with Crippen LogP contribution in [0, 0.1) is 5.92 Å². The SMILES string of the molecule is O=C1C(CO)S[C@@H](C2C=CC=C(Cc3ccc(OC4CCOCC4)cc3)C2)C[C@H]1O. The van der Waals surface area contributed by atoms with Crippen LogP contribution in [-0.4, -0.2) is 58.5 Å². The monoisotopic (exact) mass is 430 g/mol. The second-order valence-corrected chi connectivity index (χ2v) is 9.77. The molecule has 0 spiro atoms. The molecule has 2 unspecified atom stereocenters. The van der Waals surface area contributed by atoms with Crippen molar-refractivity contribution in [1.29, 1.82) is 0 Å². The topological polar surface area (TPSA) is 76.0 Å². The van der Waals surface area contributed by atoms with Gasteiger partial charge in [-0.3, -0.25) is 4.79 Å². The van der Waals surface area contributed by atoms with E-state index in [0.29, 0.717) is 6.42 Å². The normalized spacial score (nSPS) is 30.2. The van der Waals surface area contributed by atoms with E-state index in [1.807, 2.05) is 12.1 Å². The van der Waals surface area contributed by atoms with Gasteiger partial charge in [-0.05, 0) is 42.9 Å². The van der Waals surface area contributed by atoms with Crippen molar-refractivity contribution in [3.05, 3.63) is 53.6 Å². The lowest BCUT2D eigenvalue weighted by Crippen LogP contribution is -2.42. The van der Waals surface area contributed by atoms with Crippen molar-refractivity contribution < 1.29 is 24.5 Å². The number of carbonyl (C=O) groups is 1. The Bertz CT molecular complexity index is 781. The number of ether oxygens (including phenoxy) is 2. The fourth-order valence-corrected chi connectivity index (χ4v) is 5.87. The molecule has 3 aliphatic rings. The van der Waals surface area contributed by atoms with Gasteiger partial charge in [-0.15, -0.1) is 11.8 Å². The number of hydrogen-bond donors (Lipinski definition) is 2. The van der Waals surface area contributed by atoms with Gasteiger partial charge in [0.2, 0.25) is 0 Å². The third kappa shape index (κ3) is 5.35. The van der Waals surface area contributed by atoms with Crippen molar-refractivity contribution in [2.24, 2.45) is 5.92 Å². The van der Waals surface area contributed by atoms with E-state index in [2.05, 4.69) is 30.4 Å². The van der Waals surface area contributed by atoms with Crippen LogP contribution in [0.15, 0.2) is 48.1 Å². The van der Waals surface area contributed by atoms with E-state index in [1.165, 1.54) is 22.9 Å². The molecular formula is C24H30O5S. The van der Waals surface area contributed by atoms with Gasteiger partial charge in [0.05, 0.1) is 25.1 Å². The highest BCUT2D eigenvalue weighted by Gasteiger charge is 2.38. The molecule has 0 bridgehead atoms. The minimum Gasteiger partial charge on any atom is -0.490 e. The Morgan fingerprint density at radius 2 is 1.93 bits per heavy atom. The van der Waals surface area contributed by atoms with Crippen molar-refractivity contribution in [1.82, 2.24) is 0 Å². The molecule has 162 valence electrons. The minimum absolute atomic E-state index is 0.144. The fraction of sp³-hybridized carbons (Fsp3) is 0.542. The smallest absolute Gasteiger partial charge is 0.176 e. The van der Waals surface area contributed by atoms with Crippen molar-refractivity contribution in [3.63, 3.8) is 0 Å². The van der Waals surface area contributed by atoms with Gasteiger partial charge in [-0.1, -0.05) is 35.9 Å². The van der Waals surface area contributed by atoms with Crippen molar-refractivity contribution in [2.45, 2.75) is 54.8 Å². The number of rotatable bonds is 6. The maximum absolute atomic E-state index is 12.0. The average Bonchev–Trinajstić information content (AvgIpc) is 2.78. The van der Waals surface area contributed by atoms with Crippen LogP contribution >= 0.6 is 11.8 Å². The van der Waals surface area contributed by atoms with E-state index in [-0.39, 0.29) is 29.7 Å². The van der Waals surface area contributed by atoms with Crippen molar-refractivity contribution >= 4 is 17.5 Å². The molecule has 1 aromatic carbocycles. The molecule has 0 saturated carbocycles. The predicted octanol–water partition coefficient (Wildman–Crippen LogP) is 3.09. The lowest BCUT2D eigenvalue weighted by molar-refractivity contribution is -0.128. The second kappa shape index (κ2) is 10.1. The second-order valence-electron chi connectivity index (χ2n) is 8.33. The molecular weight excluding hydrogens is 400 g/mol. The molecule has 0 radical (unpaired) electrons. The summed E-state index contributed by atoms with van der Waals surface area (Å²) >= 11 is 1.51. The maximum atomic E-state index is 12.0. The Balaban J connectivity index is 1.32. The molecule has 1 aliphatic carbocycles. The van der Waals surface area contributed by atoms with Crippen LogP contribution in [0.2, 0.25) is 0 Å². The van der Waals surface area contributed by atoms with Crippen molar-refractivity contribution in [2.75, 3.05) is 19.8 Å². The van der Waals surface area contributed by atoms with Gasteiger partial charge in [0.25, 0.3) is 0 Å². The average molecular weight is 431 g/mol. The standard InChI is InChI=1S/C24H30O5S/c25-15-23-24(27)21(26)14-22(30-23)18-3-1-2-17(13-18)12-16-4-6-19(7-5-16)29-20-8-10-28-11-9-20/h1-7,18,20-23,25-26H,8-15H2/t18?,21-,22-,23?/m1/s1. The predicted molar refractivity (Wildman–Crippen MR) is 118 cm³/mol. The van der Waals surface area contributed by atoms with Gasteiger partial charge in [0.15, 0.2) is 5.78 Å². The molecule has 4 rings (SSSR count). The highest BCUT2D eigenvalue weighted by molar-refractivity contribution is 8.01. The summed E-state index contributed by atoms with van der Waals surface area (Å²) in [7, 11) is 0. The summed E-state index contributed by atoms with van der Waals surface area (Å²) < 4.78 is 11.4. The first-order chi connectivity index (χ1) is 14.6. The van der Waals surface area contributed by atoms with E-state index < -0.39 is 11.4 Å². The maximum Gasteiger partial charge on any atom is 0.176 e. The summed E-state index contributed by atoms with van der Waals surface area (Å²) in [5.41, 5.74) is 2.59. The zero-order chi connectivity index (χ0) is 20.9. The molecule has 2 heterocycles. The van der Waals surface area contributed by atoms with E-state index in [4.69, 9.17) is 9.47 Å². The quantitative estimate of drug-likeness (QED) is 0.722. The van der Waals surface area contributed by atoms with Gasteiger partial charge >= 0.3 is 0 Å². The van der Waals surface area contributed by atoms with Gasteiger partial charge in [0.1, 0.15) is 18.0 Å². The van der Waals surface area contributed by atoms with E-state index in [1.54, 1.807) is 0 Å². The summed E-state index contributed by atoms with van der Waals surface area (Å²) in [6.45, 7) is 1.34. The Hall–Kier alpha value is -1.60. The molecule has 5 nitrogen and oxygen atoms in total. The zero-order valence-corrected chi connectivity index (χ0v) is 17.9. The number of carbonyl (C=O) groups excluding carboxylic acids is 1. The van der Waals surface area contributed by atoms with Crippen LogP contribution in [0.25, 0.3) is 0 Å². The summed E-state index contributed by atoms with van der Waals surface area (Å²) in [6.07, 6.45) is 9.84. The Labute approximate surface area is 182 Å². The van der Waals surface area contributed by atoms with Crippen molar-refractivity contribution in [3.8, 4) is 5.75 Å². The highest BCUT2D eigenvalue weighted by atomic mass is 32.2. The summed E-state index contributed by atoms with van der Waals surface area (Å²) in [5.74, 6) is 0.939. The highest BCUT2D eigenvalue weighted by Crippen LogP contribution is 2.39. The molecule has 4 atom stereocenters. The third-order valence-corrected chi connectivity index (χ3v) is 7.70. The van der Waals surface area contributed by atoms with Gasteiger partial charge in [-0.2, -0.15) is 0 Å². The summed E-state index contributed by atoms with van der Waals surface area (Å²) in [6, 6.07) is 8.35. The zero-order valence-electron chi connectivity index (χ0n) is 17.1. The molecule has 30 heavy (non-hydrogen) atoms. The molecule has 2 fully saturated rings. The number of thioether (sulfide) groups is 1. The first kappa shape index (κ1) is 21.6. The number of aliphatic hydroxyl groups excluding tert-OH is 2. The van der Waals surface area contributed by atoms with E-state index in [0.717, 1.165) is 44.6 Å². The summed E-state index contributed by atoms with van der Waals surface area (Å²) in [4.78, 5) is 12.0. The lowest BCUT2D eigenvalue weighted by atomic mass is 9.86. The number of hydrogen-bond acceptors (Lipinski definition) is 6. The van der Waals surface area contributed by atoms with Crippen LogP contribution < -0.4 is 4.74 Å². The van der Waals surface area contributed by atoms with Gasteiger partial charge < -0.3 is 19.7 Å². The summed E-state index contributed by atoms with van der Waals surface area (Å²) in [5, 5.41) is 19.2. The first-order valence-electron chi connectivity index (χ1n) is 10.8. The van der Waals surface area contributed by atoms with Crippen LogP contribution in [-0.2, 0) is 16.0 Å². The van der Waals surface area contributed by atoms with Crippen LogP contribution in [0.4, 0.5) is 0 Å². The van der Waals surface area contributed by atoms with Crippen LogP contribution in [0.3, 0.4) is 0 Å². The Morgan fingerprint density at radius 1 is 1.17 bits per heavy atom. The molecule has 0 amide bonds. The number of Topliss-reactive ketones (excluding diaryl/α,β-unsaturated/α-hetero) is 1.